The molecule has 1 aromatic carbocycles. The normalized spacial score (nSPS) is 16.1. The molecule has 0 saturated heterocycles. The van der Waals surface area contributed by atoms with Gasteiger partial charge in [0.1, 0.15) is 0 Å². The maximum absolute atomic E-state index is 12.6. The van der Waals surface area contributed by atoms with Crippen LogP contribution in [0.3, 0.4) is 0 Å². The molecule has 1 aromatic rings. The van der Waals surface area contributed by atoms with E-state index in [1.54, 1.807) is 50.3 Å². The molecule has 0 aliphatic heterocycles. The molecule has 0 saturated carbocycles. The first-order valence-electron chi connectivity index (χ1n) is 8.27. The van der Waals surface area contributed by atoms with Crippen molar-refractivity contribution in [2.45, 2.75) is 25.2 Å². The monoisotopic (exact) mass is 390 g/mol. The van der Waals surface area contributed by atoms with Crippen LogP contribution in [0.2, 0.25) is 0 Å². The van der Waals surface area contributed by atoms with Crippen molar-refractivity contribution in [2.24, 2.45) is 0 Å². The van der Waals surface area contributed by atoms with E-state index in [2.05, 4.69) is 0 Å². The maximum Gasteiger partial charge on any atom is 0.228 e. The fourth-order valence-corrected chi connectivity index (χ4v) is 4.24. The summed E-state index contributed by atoms with van der Waals surface area (Å²) in [6.45, 7) is 3.23. The van der Waals surface area contributed by atoms with Gasteiger partial charge in [0.05, 0.1) is 24.9 Å². The second kappa shape index (κ2) is 8.35. The van der Waals surface area contributed by atoms with Crippen LogP contribution in [0.4, 0.5) is 0 Å². The molecule has 0 spiro atoms. The third-order valence-corrected chi connectivity index (χ3v) is 6.09. The largest absolute Gasteiger partial charge is 0.489 e. The molecule has 0 radical (unpaired) electrons. The topological polar surface area (TPSA) is 86.7 Å². The molecular weight excluding hydrogens is 368 g/mol. The summed E-state index contributed by atoms with van der Waals surface area (Å²) in [5.41, 5.74) is 1.13. The van der Waals surface area contributed by atoms with Gasteiger partial charge in [-0.25, -0.2) is 8.42 Å². The minimum absolute atomic E-state index is 0.115. The Morgan fingerprint density at radius 3 is 2.11 bits per heavy atom. The number of rotatable bonds is 7. The first-order valence-corrected chi connectivity index (χ1v) is 9.93. The molecule has 0 unspecified atom stereocenters. The summed E-state index contributed by atoms with van der Waals surface area (Å²) in [5, 5.41) is 0. The van der Waals surface area contributed by atoms with Gasteiger partial charge < -0.3 is 9.47 Å². The second-order valence-electron chi connectivity index (χ2n) is 6.16. The Morgan fingerprint density at radius 1 is 1.00 bits per heavy atom. The van der Waals surface area contributed by atoms with Gasteiger partial charge in [-0.1, -0.05) is 29.8 Å². The molecule has 0 N–H and O–H groups in total. The molecule has 0 aromatic heterocycles. The van der Waals surface area contributed by atoms with E-state index in [1.807, 2.05) is 0 Å². The van der Waals surface area contributed by atoms with E-state index < -0.39 is 21.4 Å². The number of ether oxygens (including phenoxy) is 2. The number of allylic oxidation sites excluding steroid dienone is 3. The summed E-state index contributed by atoms with van der Waals surface area (Å²) in [5.74, 6) is -1.25. The zero-order chi connectivity index (χ0) is 20.2. The summed E-state index contributed by atoms with van der Waals surface area (Å²) in [6, 6.07) is 8.16. The summed E-state index contributed by atoms with van der Waals surface area (Å²) in [7, 11) is -0.870. The maximum atomic E-state index is 12.6. The van der Waals surface area contributed by atoms with Gasteiger partial charge in [0.25, 0.3) is 0 Å². The molecule has 0 bridgehead atoms. The van der Waals surface area contributed by atoms with E-state index in [1.165, 1.54) is 14.2 Å². The highest BCUT2D eigenvalue weighted by molar-refractivity contribution is 7.91. The van der Waals surface area contributed by atoms with Crippen LogP contribution in [0.1, 0.15) is 20.3 Å². The van der Waals surface area contributed by atoms with Gasteiger partial charge in [-0.15, -0.1) is 0 Å². The first-order chi connectivity index (χ1) is 12.7. The lowest BCUT2D eigenvalue weighted by Gasteiger charge is -2.19. The number of hydrogen-bond donors (Lipinski definition) is 0. The van der Waals surface area contributed by atoms with Crippen molar-refractivity contribution in [3.63, 3.8) is 0 Å². The Bertz CT molecular complexity index is 949. The number of hydrogen-bond acceptors (Lipinski definition) is 6. The van der Waals surface area contributed by atoms with Crippen LogP contribution in [-0.2, 0) is 28.9 Å². The van der Waals surface area contributed by atoms with Crippen LogP contribution in [0, 0.1) is 0 Å². The van der Waals surface area contributed by atoms with Gasteiger partial charge in [-0.3, -0.25) is 9.59 Å². The number of sulfone groups is 1. The van der Waals surface area contributed by atoms with Crippen molar-refractivity contribution >= 4 is 21.4 Å². The molecule has 2 rings (SSSR count). The highest BCUT2D eigenvalue weighted by Gasteiger charge is 2.34. The average Bonchev–Trinajstić information content (AvgIpc) is 2.64. The van der Waals surface area contributed by atoms with Crippen LogP contribution in [0.5, 0.6) is 0 Å². The Labute approximate surface area is 159 Å². The van der Waals surface area contributed by atoms with Crippen LogP contribution in [0.15, 0.2) is 69.5 Å². The number of carbonyl (C=O) groups excluding carboxylic acids is 2. The lowest BCUT2D eigenvalue weighted by atomic mass is 9.90. The zero-order valence-corrected chi connectivity index (χ0v) is 16.6. The van der Waals surface area contributed by atoms with Gasteiger partial charge >= 0.3 is 0 Å². The van der Waals surface area contributed by atoms with Gasteiger partial charge in [0, 0.05) is 11.1 Å². The Hall–Kier alpha value is -2.67. The van der Waals surface area contributed by atoms with E-state index in [4.69, 9.17) is 9.47 Å². The van der Waals surface area contributed by atoms with Crippen molar-refractivity contribution in [3.8, 4) is 0 Å². The van der Waals surface area contributed by atoms with E-state index in [9.17, 15) is 18.0 Å². The van der Waals surface area contributed by atoms with Crippen molar-refractivity contribution in [1.29, 1.82) is 0 Å². The highest BCUT2D eigenvalue weighted by Crippen LogP contribution is 2.28. The lowest BCUT2D eigenvalue weighted by Crippen LogP contribution is -2.24. The summed E-state index contributed by atoms with van der Waals surface area (Å²) in [4.78, 5) is 25.2. The lowest BCUT2D eigenvalue weighted by molar-refractivity contribution is -0.121. The van der Waals surface area contributed by atoms with E-state index in [0.29, 0.717) is 5.57 Å². The Balaban J connectivity index is 2.23. The first kappa shape index (κ1) is 20.6. The fourth-order valence-electron chi connectivity index (χ4n) is 2.78. The molecule has 0 heterocycles. The fraction of sp³-hybridized carbons (Fsp3) is 0.300. The van der Waals surface area contributed by atoms with Crippen molar-refractivity contribution < 1.29 is 27.5 Å². The molecule has 6 nitrogen and oxygen atoms in total. The van der Waals surface area contributed by atoms with Gasteiger partial charge in [0.15, 0.2) is 9.84 Å². The minimum atomic E-state index is -3.47. The Morgan fingerprint density at radius 2 is 1.56 bits per heavy atom. The summed E-state index contributed by atoms with van der Waals surface area (Å²) >= 11 is 0. The van der Waals surface area contributed by atoms with Crippen LogP contribution < -0.4 is 0 Å². The number of ketones is 2. The SMILES string of the molecule is COC1=C(OC)C(=O)C(CC=C(C)CS(=O)(=O)c2ccccc2)=C(C)C1=O. The third-order valence-electron chi connectivity index (χ3n) is 4.27. The van der Waals surface area contributed by atoms with Gasteiger partial charge in [0.2, 0.25) is 23.1 Å². The zero-order valence-electron chi connectivity index (χ0n) is 15.7. The van der Waals surface area contributed by atoms with E-state index in [-0.39, 0.29) is 39.7 Å². The molecule has 144 valence electrons. The standard InChI is InChI=1S/C20H22O6S/c1-13(12-27(23,24)15-8-6-5-7-9-15)10-11-16-14(2)17(21)19(25-3)20(26-4)18(16)22/h5-10H,11-12H2,1-4H3. The van der Waals surface area contributed by atoms with Crippen molar-refractivity contribution in [2.75, 3.05) is 20.0 Å². The summed E-state index contributed by atoms with van der Waals surface area (Å²) < 4.78 is 34.9. The average molecular weight is 390 g/mol. The molecule has 1 aliphatic rings. The third kappa shape index (κ3) is 4.36. The quantitative estimate of drug-likeness (QED) is 0.526. The van der Waals surface area contributed by atoms with Gasteiger partial charge in [-0.2, -0.15) is 0 Å². The second-order valence-corrected chi connectivity index (χ2v) is 8.14. The number of methoxy groups -OCH3 is 2. The predicted octanol–water partition coefficient (Wildman–Crippen LogP) is 2.77. The number of Topliss-reactive ketones (excluding diaryl/α,β-unsaturated/α-hetero) is 2. The molecule has 0 atom stereocenters. The molecule has 7 heteroatoms. The molecule has 1 aliphatic carbocycles. The minimum Gasteiger partial charge on any atom is -0.489 e. The van der Waals surface area contributed by atoms with Crippen LogP contribution in [-0.4, -0.2) is 40.0 Å². The molecular formula is C20H22O6S. The number of carbonyl (C=O) groups is 2. The smallest absolute Gasteiger partial charge is 0.228 e. The number of benzene rings is 1. The van der Waals surface area contributed by atoms with Crippen molar-refractivity contribution in [3.05, 3.63) is 64.6 Å². The predicted molar refractivity (Wildman–Crippen MR) is 101 cm³/mol. The van der Waals surface area contributed by atoms with Crippen LogP contribution in [0.25, 0.3) is 0 Å². The molecule has 27 heavy (non-hydrogen) atoms. The van der Waals surface area contributed by atoms with E-state index in [0.717, 1.165) is 0 Å². The Kier molecular flexibility index (Phi) is 6.38. The molecule has 0 fully saturated rings. The molecule has 0 amide bonds. The summed E-state index contributed by atoms with van der Waals surface area (Å²) in [6.07, 6.45) is 1.78. The van der Waals surface area contributed by atoms with Crippen molar-refractivity contribution in [1.82, 2.24) is 0 Å². The van der Waals surface area contributed by atoms with E-state index >= 15 is 0 Å². The van der Waals surface area contributed by atoms with Gasteiger partial charge in [-0.05, 0) is 32.4 Å². The highest BCUT2D eigenvalue weighted by atomic mass is 32.2. The van der Waals surface area contributed by atoms with Crippen LogP contribution >= 0.6 is 0 Å².